The summed E-state index contributed by atoms with van der Waals surface area (Å²) < 4.78 is 38.0. The van der Waals surface area contributed by atoms with Crippen molar-refractivity contribution in [2.45, 2.75) is 25.1 Å². The van der Waals surface area contributed by atoms with Crippen LogP contribution in [0.1, 0.15) is 24.4 Å². The lowest BCUT2D eigenvalue weighted by Crippen LogP contribution is -2.43. The SMILES string of the molecule is NCC(c1ccccc1Cl)N1CCC(C(F)(F)F)CC1. The first-order valence-electron chi connectivity index (χ1n) is 6.68. The van der Waals surface area contributed by atoms with Gasteiger partial charge in [0, 0.05) is 17.6 Å². The molecule has 1 unspecified atom stereocenters. The molecule has 0 bridgehead atoms. The van der Waals surface area contributed by atoms with Crippen LogP contribution in [0.2, 0.25) is 5.02 Å². The molecule has 0 aromatic heterocycles. The van der Waals surface area contributed by atoms with E-state index in [1.54, 1.807) is 6.07 Å². The summed E-state index contributed by atoms with van der Waals surface area (Å²) in [6.45, 7) is 1.15. The second-order valence-corrected chi connectivity index (χ2v) is 5.53. The van der Waals surface area contributed by atoms with Crippen LogP contribution in [0, 0.1) is 5.92 Å². The summed E-state index contributed by atoms with van der Waals surface area (Å²) in [6.07, 6.45) is -3.83. The van der Waals surface area contributed by atoms with E-state index in [1.165, 1.54) is 0 Å². The number of likely N-dealkylation sites (tertiary alicyclic amines) is 1. The molecule has 1 atom stereocenters. The average Bonchev–Trinajstić information content (AvgIpc) is 2.41. The van der Waals surface area contributed by atoms with Gasteiger partial charge in [-0.3, -0.25) is 4.90 Å². The summed E-state index contributed by atoms with van der Waals surface area (Å²) in [7, 11) is 0. The van der Waals surface area contributed by atoms with Gasteiger partial charge in [0.1, 0.15) is 0 Å². The summed E-state index contributed by atoms with van der Waals surface area (Å²) in [5, 5.41) is 0.612. The zero-order valence-corrected chi connectivity index (χ0v) is 11.8. The third kappa shape index (κ3) is 3.45. The van der Waals surface area contributed by atoms with Crippen LogP contribution in [-0.4, -0.2) is 30.7 Å². The van der Waals surface area contributed by atoms with Gasteiger partial charge in [0.2, 0.25) is 0 Å². The fourth-order valence-electron chi connectivity index (χ4n) is 2.76. The fourth-order valence-corrected chi connectivity index (χ4v) is 3.02. The smallest absolute Gasteiger partial charge is 0.329 e. The van der Waals surface area contributed by atoms with Crippen molar-refractivity contribution in [2.24, 2.45) is 11.7 Å². The van der Waals surface area contributed by atoms with Crippen molar-refractivity contribution in [3.63, 3.8) is 0 Å². The predicted octanol–water partition coefficient (Wildman–Crippen LogP) is 3.61. The molecule has 2 rings (SSSR count). The van der Waals surface area contributed by atoms with Crippen LogP contribution in [0.4, 0.5) is 13.2 Å². The van der Waals surface area contributed by atoms with Crippen LogP contribution < -0.4 is 5.73 Å². The minimum absolute atomic E-state index is 0.113. The van der Waals surface area contributed by atoms with Crippen molar-refractivity contribution < 1.29 is 13.2 Å². The second kappa shape index (κ2) is 6.33. The molecule has 1 heterocycles. The van der Waals surface area contributed by atoms with Gasteiger partial charge in [-0.05, 0) is 37.6 Å². The molecule has 112 valence electrons. The maximum absolute atomic E-state index is 12.7. The molecule has 1 aliphatic rings. The maximum atomic E-state index is 12.7. The lowest BCUT2D eigenvalue weighted by atomic mass is 9.93. The molecular weight excluding hydrogens is 289 g/mol. The van der Waals surface area contributed by atoms with E-state index in [1.807, 2.05) is 23.1 Å². The van der Waals surface area contributed by atoms with Crippen LogP contribution in [0.15, 0.2) is 24.3 Å². The number of benzene rings is 1. The molecule has 1 aliphatic heterocycles. The Bertz CT molecular complexity index is 442. The molecule has 2 N–H and O–H groups in total. The third-order valence-electron chi connectivity index (χ3n) is 3.92. The molecule has 0 amide bonds. The maximum Gasteiger partial charge on any atom is 0.391 e. The fraction of sp³-hybridized carbons (Fsp3) is 0.571. The van der Waals surface area contributed by atoms with Gasteiger partial charge in [-0.25, -0.2) is 0 Å². The van der Waals surface area contributed by atoms with E-state index in [9.17, 15) is 13.2 Å². The topological polar surface area (TPSA) is 29.3 Å². The van der Waals surface area contributed by atoms with Gasteiger partial charge in [0.05, 0.1) is 5.92 Å². The van der Waals surface area contributed by atoms with E-state index in [0.717, 1.165) is 5.56 Å². The van der Waals surface area contributed by atoms with Crippen LogP contribution in [0.5, 0.6) is 0 Å². The summed E-state index contributed by atoms with van der Waals surface area (Å²) >= 11 is 6.16. The Morgan fingerprint density at radius 1 is 1.25 bits per heavy atom. The van der Waals surface area contributed by atoms with E-state index in [-0.39, 0.29) is 18.9 Å². The number of halogens is 4. The van der Waals surface area contributed by atoms with E-state index in [4.69, 9.17) is 17.3 Å². The molecule has 0 saturated carbocycles. The van der Waals surface area contributed by atoms with E-state index < -0.39 is 12.1 Å². The largest absolute Gasteiger partial charge is 0.391 e. The monoisotopic (exact) mass is 306 g/mol. The highest BCUT2D eigenvalue weighted by molar-refractivity contribution is 6.31. The number of hydrogen-bond acceptors (Lipinski definition) is 2. The first-order valence-corrected chi connectivity index (χ1v) is 7.06. The van der Waals surface area contributed by atoms with Crippen LogP contribution in [0.3, 0.4) is 0 Å². The molecule has 0 spiro atoms. The van der Waals surface area contributed by atoms with E-state index in [0.29, 0.717) is 24.7 Å². The van der Waals surface area contributed by atoms with Gasteiger partial charge in [-0.15, -0.1) is 0 Å². The number of hydrogen-bond donors (Lipinski definition) is 1. The molecule has 1 fully saturated rings. The second-order valence-electron chi connectivity index (χ2n) is 5.12. The number of rotatable bonds is 3. The van der Waals surface area contributed by atoms with Gasteiger partial charge in [0.25, 0.3) is 0 Å². The molecule has 20 heavy (non-hydrogen) atoms. The Morgan fingerprint density at radius 3 is 2.35 bits per heavy atom. The van der Waals surface area contributed by atoms with Gasteiger partial charge < -0.3 is 5.73 Å². The average molecular weight is 307 g/mol. The van der Waals surface area contributed by atoms with Crippen molar-refractivity contribution in [3.05, 3.63) is 34.9 Å². The molecular formula is C14H18ClF3N2. The van der Waals surface area contributed by atoms with E-state index >= 15 is 0 Å². The normalized spacial score (nSPS) is 20.1. The highest BCUT2D eigenvalue weighted by Gasteiger charge is 2.42. The number of nitrogens with zero attached hydrogens (tertiary/aromatic N) is 1. The predicted molar refractivity (Wildman–Crippen MR) is 73.6 cm³/mol. The number of alkyl halides is 3. The Morgan fingerprint density at radius 2 is 1.85 bits per heavy atom. The summed E-state index contributed by atoms with van der Waals surface area (Å²) in [6, 6.07) is 7.25. The summed E-state index contributed by atoms with van der Waals surface area (Å²) in [5.74, 6) is -1.19. The molecule has 0 radical (unpaired) electrons. The minimum atomic E-state index is -4.09. The van der Waals surface area contributed by atoms with Crippen molar-refractivity contribution in [1.29, 1.82) is 0 Å². The number of piperidine rings is 1. The summed E-state index contributed by atoms with van der Waals surface area (Å²) in [4.78, 5) is 2.00. The molecule has 2 nitrogen and oxygen atoms in total. The molecule has 6 heteroatoms. The van der Waals surface area contributed by atoms with Crippen LogP contribution in [-0.2, 0) is 0 Å². The highest BCUT2D eigenvalue weighted by atomic mass is 35.5. The standard InChI is InChI=1S/C14H18ClF3N2/c15-12-4-2-1-3-11(12)13(9-19)20-7-5-10(6-8-20)14(16,17)18/h1-4,10,13H,5-9,19H2. The Labute approximate surface area is 121 Å². The van der Waals surface area contributed by atoms with Crippen LogP contribution in [0.25, 0.3) is 0 Å². The van der Waals surface area contributed by atoms with Crippen molar-refractivity contribution in [2.75, 3.05) is 19.6 Å². The Hall–Kier alpha value is -0.780. The van der Waals surface area contributed by atoms with Crippen molar-refractivity contribution >= 4 is 11.6 Å². The van der Waals surface area contributed by atoms with Gasteiger partial charge in [-0.2, -0.15) is 13.2 Å². The minimum Gasteiger partial charge on any atom is -0.329 e. The molecule has 0 aliphatic carbocycles. The molecule has 1 aromatic rings. The van der Waals surface area contributed by atoms with Crippen LogP contribution >= 0.6 is 11.6 Å². The van der Waals surface area contributed by atoms with Gasteiger partial charge in [0.15, 0.2) is 0 Å². The zero-order valence-electron chi connectivity index (χ0n) is 11.0. The first kappa shape index (κ1) is 15.6. The first-order chi connectivity index (χ1) is 9.43. The van der Waals surface area contributed by atoms with Gasteiger partial charge >= 0.3 is 6.18 Å². The van der Waals surface area contributed by atoms with E-state index in [2.05, 4.69) is 0 Å². The van der Waals surface area contributed by atoms with Gasteiger partial charge in [-0.1, -0.05) is 29.8 Å². The Kier molecular flexibility index (Phi) is 4.94. The number of nitrogens with two attached hydrogens (primary N) is 1. The third-order valence-corrected chi connectivity index (χ3v) is 4.26. The quantitative estimate of drug-likeness (QED) is 0.924. The van der Waals surface area contributed by atoms with Crippen molar-refractivity contribution in [1.82, 2.24) is 4.90 Å². The highest BCUT2D eigenvalue weighted by Crippen LogP contribution is 2.37. The molecule has 1 aromatic carbocycles. The Balaban J connectivity index is 2.06. The lowest BCUT2D eigenvalue weighted by molar-refractivity contribution is -0.186. The molecule has 1 saturated heterocycles. The summed E-state index contributed by atoms with van der Waals surface area (Å²) in [5.41, 5.74) is 6.69. The lowest BCUT2D eigenvalue weighted by Gasteiger charge is -2.38. The zero-order chi connectivity index (χ0) is 14.8. The van der Waals surface area contributed by atoms with Crippen molar-refractivity contribution in [3.8, 4) is 0 Å².